The first-order valence-electron chi connectivity index (χ1n) is 7.34. The van der Waals surface area contributed by atoms with Crippen molar-refractivity contribution in [3.63, 3.8) is 0 Å². The number of esters is 2. The van der Waals surface area contributed by atoms with Gasteiger partial charge in [0.2, 0.25) is 0 Å². The van der Waals surface area contributed by atoms with E-state index in [4.69, 9.17) is 9.47 Å². The van der Waals surface area contributed by atoms with Crippen LogP contribution in [-0.2, 0) is 19.1 Å². The summed E-state index contributed by atoms with van der Waals surface area (Å²) in [6.45, 7) is 7.35. The average Bonchev–Trinajstić information content (AvgIpc) is 2.88. The lowest BCUT2D eigenvalue weighted by Gasteiger charge is -2.09. The van der Waals surface area contributed by atoms with Crippen molar-refractivity contribution in [2.45, 2.75) is 63.6 Å². The van der Waals surface area contributed by atoms with Gasteiger partial charge in [-0.15, -0.1) is 0 Å². The molecule has 2 atom stereocenters. The summed E-state index contributed by atoms with van der Waals surface area (Å²) in [4.78, 5) is 22.3. The highest BCUT2D eigenvalue weighted by Gasteiger charge is 2.27. The number of hydrogen-bond acceptors (Lipinski definition) is 4. The highest BCUT2D eigenvalue weighted by atomic mass is 16.6. The second kappa shape index (κ2) is 6.73. The van der Waals surface area contributed by atoms with Crippen molar-refractivity contribution in [3.8, 4) is 0 Å². The molecule has 0 aliphatic carbocycles. The van der Waals surface area contributed by atoms with Crippen LogP contribution in [0.25, 0.3) is 0 Å². The molecule has 4 nitrogen and oxygen atoms in total. The van der Waals surface area contributed by atoms with Crippen molar-refractivity contribution >= 4 is 11.9 Å². The predicted octanol–water partition coefficient (Wildman–Crippen LogP) is 3.07. The van der Waals surface area contributed by atoms with E-state index in [-0.39, 0.29) is 24.1 Å². The molecule has 0 N–H and O–H groups in total. The predicted molar refractivity (Wildman–Crippen MR) is 75.0 cm³/mol. The van der Waals surface area contributed by atoms with Crippen molar-refractivity contribution in [2.24, 2.45) is 0 Å². The maximum atomic E-state index is 11.1. The van der Waals surface area contributed by atoms with Crippen LogP contribution in [0.5, 0.6) is 0 Å². The van der Waals surface area contributed by atoms with Gasteiger partial charge < -0.3 is 9.47 Å². The Hall–Kier alpha value is -1.58. The van der Waals surface area contributed by atoms with Gasteiger partial charge in [0.05, 0.1) is 0 Å². The third kappa shape index (κ3) is 3.95. The Bertz CT molecular complexity index is 352. The SMILES string of the molecule is C=C1C[C@@H](CCCCCC[C@@H]2CC(=C)C(=O)O2)OC1=O. The fourth-order valence-corrected chi connectivity index (χ4v) is 2.69. The number of unbranched alkanes of at least 4 members (excludes halogenated alkanes) is 3. The first kappa shape index (κ1) is 14.8. The smallest absolute Gasteiger partial charge is 0.333 e. The quantitative estimate of drug-likeness (QED) is 0.408. The van der Waals surface area contributed by atoms with Gasteiger partial charge in [-0.3, -0.25) is 0 Å². The van der Waals surface area contributed by atoms with E-state index >= 15 is 0 Å². The Morgan fingerprint density at radius 3 is 1.50 bits per heavy atom. The molecule has 2 aliphatic rings. The average molecular weight is 278 g/mol. The summed E-state index contributed by atoms with van der Waals surface area (Å²) in [5.74, 6) is -0.475. The lowest BCUT2D eigenvalue weighted by Crippen LogP contribution is -2.07. The molecule has 0 radical (unpaired) electrons. The molecule has 0 spiro atoms. The van der Waals surface area contributed by atoms with Gasteiger partial charge in [0.25, 0.3) is 0 Å². The topological polar surface area (TPSA) is 52.6 Å². The van der Waals surface area contributed by atoms with Gasteiger partial charge in [-0.1, -0.05) is 26.0 Å². The zero-order chi connectivity index (χ0) is 14.5. The fourth-order valence-electron chi connectivity index (χ4n) is 2.69. The van der Waals surface area contributed by atoms with Crippen LogP contribution in [0.15, 0.2) is 24.3 Å². The van der Waals surface area contributed by atoms with E-state index in [1.54, 1.807) is 0 Å². The minimum absolute atomic E-state index is 0.0362. The fraction of sp³-hybridized carbons (Fsp3) is 0.625. The molecule has 4 heteroatoms. The van der Waals surface area contributed by atoms with Crippen molar-refractivity contribution in [1.82, 2.24) is 0 Å². The minimum Gasteiger partial charge on any atom is -0.459 e. The van der Waals surface area contributed by atoms with Gasteiger partial charge in [-0.2, -0.15) is 0 Å². The molecular weight excluding hydrogens is 256 g/mol. The minimum atomic E-state index is -0.238. The van der Waals surface area contributed by atoms with E-state index in [0.717, 1.165) is 38.5 Å². The molecule has 2 fully saturated rings. The van der Waals surface area contributed by atoms with E-state index in [1.165, 1.54) is 0 Å². The normalized spacial score (nSPS) is 26.0. The van der Waals surface area contributed by atoms with Crippen LogP contribution in [0.1, 0.15) is 51.4 Å². The molecule has 0 unspecified atom stereocenters. The van der Waals surface area contributed by atoms with Gasteiger partial charge in [-0.25, -0.2) is 9.59 Å². The molecule has 2 saturated heterocycles. The first-order chi connectivity index (χ1) is 9.56. The maximum absolute atomic E-state index is 11.1. The summed E-state index contributed by atoms with van der Waals surface area (Å²) < 4.78 is 10.4. The lowest BCUT2D eigenvalue weighted by molar-refractivity contribution is -0.140. The molecule has 110 valence electrons. The van der Waals surface area contributed by atoms with E-state index in [1.807, 2.05) is 0 Å². The van der Waals surface area contributed by atoms with E-state index in [9.17, 15) is 9.59 Å². The summed E-state index contributed by atoms with van der Waals surface area (Å²) in [6.07, 6.45) is 7.61. The summed E-state index contributed by atoms with van der Waals surface area (Å²) >= 11 is 0. The summed E-state index contributed by atoms with van der Waals surface area (Å²) in [7, 11) is 0. The van der Waals surface area contributed by atoms with Gasteiger partial charge >= 0.3 is 11.9 Å². The third-order valence-electron chi connectivity index (χ3n) is 3.88. The molecule has 0 aromatic rings. The van der Waals surface area contributed by atoms with Crippen LogP contribution in [-0.4, -0.2) is 24.1 Å². The van der Waals surface area contributed by atoms with Crippen LogP contribution in [0.3, 0.4) is 0 Å². The van der Waals surface area contributed by atoms with Crippen molar-refractivity contribution < 1.29 is 19.1 Å². The second-order valence-corrected chi connectivity index (χ2v) is 5.66. The number of cyclic esters (lactones) is 2. The Morgan fingerprint density at radius 2 is 1.20 bits per heavy atom. The highest BCUT2D eigenvalue weighted by Crippen LogP contribution is 2.25. The van der Waals surface area contributed by atoms with Crippen LogP contribution in [0.4, 0.5) is 0 Å². The molecule has 2 heterocycles. The van der Waals surface area contributed by atoms with Crippen molar-refractivity contribution in [3.05, 3.63) is 24.3 Å². The van der Waals surface area contributed by atoms with Gasteiger partial charge in [-0.05, 0) is 25.7 Å². The van der Waals surface area contributed by atoms with Crippen molar-refractivity contribution in [1.29, 1.82) is 0 Å². The zero-order valence-electron chi connectivity index (χ0n) is 11.9. The number of carbonyl (C=O) groups is 2. The molecule has 2 aliphatic heterocycles. The largest absolute Gasteiger partial charge is 0.459 e. The molecular formula is C16H22O4. The number of rotatable bonds is 7. The Kier molecular flexibility index (Phi) is 4.99. The van der Waals surface area contributed by atoms with Gasteiger partial charge in [0.15, 0.2) is 0 Å². The number of ether oxygens (including phenoxy) is 2. The highest BCUT2D eigenvalue weighted by molar-refractivity contribution is 5.90. The van der Waals surface area contributed by atoms with E-state index in [2.05, 4.69) is 13.2 Å². The van der Waals surface area contributed by atoms with Crippen LogP contribution in [0, 0.1) is 0 Å². The lowest BCUT2D eigenvalue weighted by atomic mass is 10.0. The molecule has 20 heavy (non-hydrogen) atoms. The summed E-state index contributed by atoms with van der Waals surface area (Å²) in [5.41, 5.74) is 1.19. The molecule has 0 amide bonds. The molecule has 0 saturated carbocycles. The standard InChI is InChI=1S/C16H22O4/c1-11-9-13(19-15(11)17)7-5-3-4-6-8-14-10-12(2)16(18)20-14/h13-14H,1-10H2/t13-,14-/m1/s1. The Morgan fingerprint density at radius 1 is 0.800 bits per heavy atom. The Labute approximate surface area is 119 Å². The number of hydrogen-bond donors (Lipinski definition) is 0. The first-order valence-corrected chi connectivity index (χ1v) is 7.34. The van der Waals surface area contributed by atoms with E-state index < -0.39 is 0 Å². The van der Waals surface area contributed by atoms with E-state index in [0.29, 0.717) is 24.0 Å². The molecule has 0 aromatic carbocycles. The van der Waals surface area contributed by atoms with Gasteiger partial charge in [0, 0.05) is 24.0 Å². The maximum Gasteiger partial charge on any atom is 0.333 e. The van der Waals surface area contributed by atoms with Crippen molar-refractivity contribution in [2.75, 3.05) is 0 Å². The molecule has 0 bridgehead atoms. The summed E-state index contributed by atoms with van der Waals surface area (Å²) in [5, 5.41) is 0. The Balaban J connectivity index is 1.48. The number of carbonyl (C=O) groups excluding carboxylic acids is 2. The zero-order valence-corrected chi connectivity index (χ0v) is 11.9. The van der Waals surface area contributed by atoms with Crippen LogP contribution < -0.4 is 0 Å². The summed E-state index contributed by atoms with van der Waals surface area (Å²) in [6, 6.07) is 0. The molecule has 0 aromatic heterocycles. The van der Waals surface area contributed by atoms with Crippen LogP contribution >= 0.6 is 0 Å². The molecule has 2 rings (SSSR count). The van der Waals surface area contributed by atoms with Gasteiger partial charge in [0.1, 0.15) is 12.2 Å². The monoisotopic (exact) mass is 278 g/mol. The third-order valence-corrected chi connectivity index (χ3v) is 3.88. The second-order valence-electron chi connectivity index (χ2n) is 5.66. The van der Waals surface area contributed by atoms with Crippen LogP contribution in [0.2, 0.25) is 0 Å².